The van der Waals surface area contributed by atoms with Crippen molar-refractivity contribution in [1.29, 1.82) is 0 Å². The summed E-state index contributed by atoms with van der Waals surface area (Å²) in [4.78, 5) is 20.3. The molecule has 0 bridgehead atoms. The number of aromatic nitrogens is 4. The van der Waals surface area contributed by atoms with Gasteiger partial charge in [-0.2, -0.15) is 5.10 Å². The maximum absolute atomic E-state index is 12.2. The van der Waals surface area contributed by atoms with E-state index in [0.717, 1.165) is 24.3 Å². The number of rotatable bonds is 6. The van der Waals surface area contributed by atoms with Crippen LogP contribution in [0.25, 0.3) is 0 Å². The summed E-state index contributed by atoms with van der Waals surface area (Å²) in [6.07, 6.45) is 3.98. The van der Waals surface area contributed by atoms with Crippen molar-refractivity contribution in [2.75, 3.05) is 11.9 Å². The van der Waals surface area contributed by atoms with E-state index in [1.807, 2.05) is 13.0 Å². The lowest BCUT2D eigenvalue weighted by Crippen LogP contribution is -2.25. The SMILES string of the molecule is CCCNc1cc(C)ncc1C(=O)NCc1ncn[nH]1. The number of carbonyl (C=O) groups is 1. The summed E-state index contributed by atoms with van der Waals surface area (Å²) in [6.45, 7) is 5.09. The molecule has 2 aromatic rings. The molecule has 3 N–H and O–H groups in total. The van der Waals surface area contributed by atoms with Crippen molar-refractivity contribution in [2.45, 2.75) is 26.8 Å². The molecule has 0 saturated carbocycles. The summed E-state index contributed by atoms with van der Waals surface area (Å²) >= 11 is 0. The molecule has 0 aliphatic rings. The number of anilines is 1. The van der Waals surface area contributed by atoms with E-state index in [-0.39, 0.29) is 5.91 Å². The normalized spacial score (nSPS) is 10.3. The number of pyridine rings is 1. The first-order chi connectivity index (χ1) is 9.70. The number of carbonyl (C=O) groups excluding carboxylic acids is 1. The van der Waals surface area contributed by atoms with Crippen molar-refractivity contribution in [2.24, 2.45) is 0 Å². The van der Waals surface area contributed by atoms with E-state index in [1.54, 1.807) is 6.20 Å². The van der Waals surface area contributed by atoms with Gasteiger partial charge in [-0.3, -0.25) is 14.9 Å². The fraction of sp³-hybridized carbons (Fsp3) is 0.385. The first kappa shape index (κ1) is 14.0. The Labute approximate surface area is 117 Å². The van der Waals surface area contributed by atoms with Crippen LogP contribution in [0.15, 0.2) is 18.6 Å². The largest absolute Gasteiger partial charge is 0.384 e. The number of hydrogen-bond acceptors (Lipinski definition) is 5. The van der Waals surface area contributed by atoms with Crippen molar-refractivity contribution >= 4 is 11.6 Å². The van der Waals surface area contributed by atoms with E-state index in [1.165, 1.54) is 6.33 Å². The molecule has 0 radical (unpaired) electrons. The highest BCUT2D eigenvalue weighted by atomic mass is 16.1. The molecule has 1 amide bonds. The molecule has 7 nitrogen and oxygen atoms in total. The zero-order valence-corrected chi connectivity index (χ0v) is 11.6. The molecule has 0 aliphatic heterocycles. The monoisotopic (exact) mass is 274 g/mol. The highest BCUT2D eigenvalue weighted by molar-refractivity contribution is 5.99. The second-order valence-electron chi connectivity index (χ2n) is 4.41. The Hall–Kier alpha value is -2.44. The Bertz CT molecular complexity index is 566. The van der Waals surface area contributed by atoms with Crippen molar-refractivity contribution in [3.05, 3.63) is 35.7 Å². The van der Waals surface area contributed by atoms with E-state index in [0.29, 0.717) is 17.9 Å². The van der Waals surface area contributed by atoms with Gasteiger partial charge in [-0.25, -0.2) is 4.98 Å². The van der Waals surface area contributed by atoms with Gasteiger partial charge in [0.15, 0.2) is 0 Å². The van der Waals surface area contributed by atoms with E-state index >= 15 is 0 Å². The van der Waals surface area contributed by atoms with Crippen LogP contribution in [0.5, 0.6) is 0 Å². The molecule has 7 heteroatoms. The average Bonchev–Trinajstić information content (AvgIpc) is 2.96. The van der Waals surface area contributed by atoms with E-state index in [9.17, 15) is 4.79 Å². The predicted octanol–water partition coefficient (Wildman–Crippen LogP) is 1.26. The molecular formula is C13H18N6O. The summed E-state index contributed by atoms with van der Waals surface area (Å²) in [6, 6.07) is 1.87. The van der Waals surface area contributed by atoms with Crippen molar-refractivity contribution in [3.63, 3.8) is 0 Å². The smallest absolute Gasteiger partial charge is 0.255 e. The molecule has 2 heterocycles. The van der Waals surface area contributed by atoms with Crippen LogP contribution in [0, 0.1) is 6.92 Å². The molecule has 0 fully saturated rings. The number of H-pyrrole nitrogens is 1. The maximum atomic E-state index is 12.2. The molecule has 0 aliphatic carbocycles. The van der Waals surface area contributed by atoms with Gasteiger partial charge in [0.25, 0.3) is 5.91 Å². The number of nitrogens with zero attached hydrogens (tertiary/aromatic N) is 3. The third-order valence-electron chi connectivity index (χ3n) is 2.73. The average molecular weight is 274 g/mol. The zero-order valence-electron chi connectivity index (χ0n) is 11.6. The number of aromatic amines is 1. The molecule has 20 heavy (non-hydrogen) atoms. The van der Waals surface area contributed by atoms with Crippen LogP contribution in [0.4, 0.5) is 5.69 Å². The standard InChI is InChI=1S/C13H18N6O/c1-3-4-14-11-5-9(2)15-6-10(11)13(20)16-7-12-17-8-18-19-12/h5-6,8H,3-4,7H2,1-2H3,(H,14,15)(H,16,20)(H,17,18,19). The van der Waals surface area contributed by atoms with Crippen LogP contribution in [0.2, 0.25) is 0 Å². The summed E-state index contributed by atoms with van der Waals surface area (Å²) in [5.74, 6) is 0.425. The van der Waals surface area contributed by atoms with E-state index < -0.39 is 0 Å². The highest BCUT2D eigenvalue weighted by Crippen LogP contribution is 2.15. The summed E-state index contributed by atoms with van der Waals surface area (Å²) in [5.41, 5.74) is 2.20. The van der Waals surface area contributed by atoms with Gasteiger partial charge >= 0.3 is 0 Å². The number of hydrogen-bond donors (Lipinski definition) is 3. The number of nitrogens with one attached hydrogen (secondary N) is 3. The van der Waals surface area contributed by atoms with Gasteiger partial charge < -0.3 is 10.6 Å². The fourth-order valence-electron chi connectivity index (χ4n) is 1.72. The van der Waals surface area contributed by atoms with Gasteiger partial charge in [-0.15, -0.1) is 0 Å². The fourth-order valence-corrected chi connectivity index (χ4v) is 1.72. The molecule has 2 rings (SSSR count). The predicted molar refractivity (Wildman–Crippen MR) is 75.3 cm³/mol. The van der Waals surface area contributed by atoms with Crippen LogP contribution in [0.3, 0.4) is 0 Å². The van der Waals surface area contributed by atoms with Crippen molar-refractivity contribution < 1.29 is 4.79 Å². The molecule has 0 unspecified atom stereocenters. The molecule has 106 valence electrons. The van der Waals surface area contributed by atoms with Gasteiger partial charge in [0.2, 0.25) is 0 Å². The van der Waals surface area contributed by atoms with Gasteiger partial charge in [0, 0.05) is 18.4 Å². The van der Waals surface area contributed by atoms with Gasteiger partial charge in [-0.1, -0.05) is 6.92 Å². The second-order valence-corrected chi connectivity index (χ2v) is 4.41. The third-order valence-corrected chi connectivity index (χ3v) is 2.73. The first-order valence-corrected chi connectivity index (χ1v) is 6.53. The van der Waals surface area contributed by atoms with Crippen LogP contribution in [0.1, 0.15) is 35.2 Å². The molecular weight excluding hydrogens is 256 g/mol. The van der Waals surface area contributed by atoms with Crippen LogP contribution < -0.4 is 10.6 Å². The lowest BCUT2D eigenvalue weighted by molar-refractivity contribution is 0.0950. The minimum Gasteiger partial charge on any atom is -0.384 e. The van der Waals surface area contributed by atoms with Crippen LogP contribution >= 0.6 is 0 Å². The zero-order chi connectivity index (χ0) is 14.4. The quantitative estimate of drug-likeness (QED) is 0.737. The van der Waals surface area contributed by atoms with Crippen LogP contribution in [-0.4, -0.2) is 32.6 Å². The summed E-state index contributed by atoms with van der Waals surface area (Å²) < 4.78 is 0. The molecule has 0 spiro atoms. The van der Waals surface area contributed by atoms with Gasteiger partial charge in [0.1, 0.15) is 12.2 Å². The molecule has 0 aromatic carbocycles. The number of aryl methyl sites for hydroxylation is 1. The highest BCUT2D eigenvalue weighted by Gasteiger charge is 2.12. The third kappa shape index (κ3) is 3.53. The Balaban J connectivity index is 2.07. The van der Waals surface area contributed by atoms with Gasteiger partial charge in [0.05, 0.1) is 17.8 Å². The summed E-state index contributed by atoms with van der Waals surface area (Å²) in [7, 11) is 0. The lowest BCUT2D eigenvalue weighted by atomic mass is 10.2. The van der Waals surface area contributed by atoms with Gasteiger partial charge in [-0.05, 0) is 19.4 Å². The molecule has 2 aromatic heterocycles. The second kappa shape index (κ2) is 6.65. The Kier molecular flexibility index (Phi) is 4.65. The minimum absolute atomic E-state index is 0.187. The van der Waals surface area contributed by atoms with Crippen LogP contribution in [-0.2, 0) is 6.54 Å². The van der Waals surface area contributed by atoms with Crippen molar-refractivity contribution in [1.82, 2.24) is 25.5 Å². The Morgan fingerprint density at radius 2 is 2.25 bits per heavy atom. The number of amides is 1. The van der Waals surface area contributed by atoms with E-state index in [2.05, 4.69) is 37.7 Å². The lowest BCUT2D eigenvalue weighted by Gasteiger charge is -2.11. The summed E-state index contributed by atoms with van der Waals surface area (Å²) in [5, 5.41) is 12.5. The first-order valence-electron chi connectivity index (χ1n) is 6.53. The van der Waals surface area contributed by atoms with Crippen molar-refractivity contribution in [3.8, 4) is 0 Å². The molecule has 0 saturated heterocycles. The molecule has 0 atom stereocenters. The van der Waals surface area contributed by atoms with E-state index in [4.69, 9.17) is 0 Å². The maximum Gasteiger partial charge on any atom is 0.255 e. The Morgan fingerprint density at radius 3 is 2.95 bits per heavy atom. The minimum atomic E-state index is -0.187. The Morgan fingerprint density at radius 1 is 1.40 bits per heavy atom. The topological polar surface area (TPSA) is 95.6 Å².